The normalized spacial score (nSPS) is 10.3. The van der Waals surface area contributed by atoms with Crippen LogP contribution < -0.4 is 4.90 Å². The van der Waals surface area contributed by atoms with Crippen molar-refractivity contribution >= 4 is 5.69 Å². The van der Waals surface area contributed by atoms with Crippen molar-refractivity contribution in [2.24, 2.45) is 0 Å². The molecule has 1 rings (SSSR count). The van der Waals surface area contributed by atoms with Gasteiger partial charge in [0.2, 0.25) is 0 Å². The minimum atomic E-state index is -0.186. The second-order valence-electron chi connectivity index (χ2n) is 3.24. The van der Waals surface area contributed by atoms with Crippen LogP contribution in [0.15, 0.2) is 18.2 Å². The Morgan fingerprint density at radius 3 is 2.64 bits per heavy atom. The molecule has 1 aromatic rings. The second kappa shape index (κ2) is 4.96. The molecule has 0 unspecified atom stereocenters. The summed E-state index contributed by atoms with van der Waals surface area (Å²) >= 11 is 0. The summed E-state index contributed by atoms with van der Waals surface area (Å²) in [5.41, 5.74) is 1.60. The van der Waals surface area contributed by atoms with Gasteiger partial charge in [0.15, 0.2) is 0 Å². The van der Waals surface area contributed by atoms with E-state index < -0.39 is 0 Å². The van der Waals surface area contributed by atoms with Crippen molar-refractivity contribution in [2.45, 2.75) is 13.8 Å². The van der Waals surface area contributed by atoms with Gasteiger partial charge in [-0.15, -0.1) is 0 Å². The molecule has 0 saturated carbocycles. The van der Waals surface area contributed by atoms with E-state index in [1.165, 1.54) is 6.07 Å². The van der Waals surface area contributed by atoms with Crippen molar-refractivity contribution in [3.63, 3.8) is 0 Å². The summed E-state index contributed by atoms with van der Waals surface area (Å²) < 4.78 is 13.0. The van der Waals surface area contributed by atoms with E-state index in [1.807, 2.05) is 11.8 Å². The summed E-state index contributed by atoms with van der Waals surface area (Å²) in [6.07, 6.45) is 0. The first-order chi connectivity index (χ1) is 6.69. The first-order valence-electron chi connectivity index (χ1n) is 4.81. The molecule has 14 heavy (non-hydrogen) atoms. The number of hydrogen-bond acceptors (Lipinski definition) is 2. The fourth-order valence-electron chi connectivity index (χ4n) is 1.42. The topological polar surface area (TPSA) is 23.5 Å². The van der Waals surface area contributed by atoms with Gasteiger partial charge in [-0.2, -0.15) is 0 Å². The monoisotopic (exact) mass is 197 g/mol. The number of likely N-dealkylation sites (N-methyl/N-ethyl adjacent to an activating group) is 1. The van der Waals surface area contributed by atoms with Crippen LogP contribution in [-0.4, -0.2) is 24.8 Å². The third kappa shape index (κ3) is 2.45. The molecule has 0 aliphatic heterocycles. The lowest BCUT2D eigenvalue weighted by Crippen LogP contribution is -2.26. The SMILES string of the molecule is CCN(CCO)c1ccc(F)c(C)c1. The molecule has 0 bridgehead atoms. The Balaban J connectivity index is 2.88. The van der Waals surface area contributed by atoms with Gasteiger partial charge in [-0.05, 0) is 37.6 Å². The Morgan fingerprint density at radius 2 is 2.14 bits per heavy atom. The van der Waals surface area contributed by atoms with Crippen molar-refractivity contribution in [3.8, 4) is 0 Å². The molecule has 0 spiro atoms. The Morgan fingerprint density at radius 1 is 1.43 bits per heavy atom. The molecule has 1 N–H and O–H groups in total. The molecule has 0 atom stereocenters. The number of benzene rings is 1. The largest absolute Gasteiger partial charge is 0.395 e. The maximum atomic E-state index is 13.0. The molecule has 0 aliphatic rings. The highest BCUT2D eigenvalue weighted by Gasteiger charge is 2.05. The van der Waals surface area contributed by atoms with E-state index in [2.05, 4.69) is 0 Å². The predicted octanol–water partition coefficient (Wildman–Crippen LogP) is 1.95. The van der Waals surface area contributed by atoms with E-state index in [0.29, 0.717) is 12.1 Å². The van der Waals surface area contributed by atoms with Crippen LogP contribution in [0.25, 0.3) is 0 Å². The lowest BCUT2D eigenvalue weighted by Gasteiger charge is -2.22. The first kappa shape index (κ1) is 11.0. The van der Waals surface area contributed by atoms with Gasteiger partial charge in [0.05, 0.1) is 6.61 Å². The van der Waals surface area contributed by atoms with Crippen molar-refractivity contribution in [3.05, 3.63) is 29.6 Å². The third-order valence-corrected chi connectivity index (χ3v) is 2.26. The van der Waals surface area contributed by atoms with E-state index in [4.69, 9.17) is 5.11 Å². The quantitative estimate of drug-likeness (QED) is 0.797. The standard InChI is InChI=1S/C11H16FNO/c1-3-13(6-7-14)10-4-5-11(12)9(2)8-10/h4-5,8,14H,3,6-7H2,1-2H3. The van der Waals surface area contributed by atoms with Crippen LogP contribution in [0.1, 0.15) is 12.5 Å². The predicted molar refractivity (Wildman–Crippen MR) is 56.1 cm³/mol. The number of halogens is 1. The van der Waals surface area contributed by atoms with E-state index in [0.717, 1.165) is 12.2 Å². The van der Waals surface area contributed by atoms with Gasteiger partial charge in [-0.3, -0.25) is 0 Å². The average Bonchev–Trinajstić information content (AvgIpc) is 2.19. The van der Waals surface area contributed by atoms with Crippen molar-refractivity contribution < 1.29 is 9.50 Å². The number of rotatable bonds is 4. The van der Waals surface area contributed by atoms with Gasteiger partial charge in [-0.25, -0.2) is 4.39 Å². The fraction of sp³-hybridized carbons (Fsp3) is 0.455. The zero-order valence-electron chi connectivity index (χ0n) is 8.63. The summed E-state index contributed by atoms with van der Waals surface area (Å²) in [6, 6.07) is 5.00. The summed E-state index contributed by atoms with van der Waals surface area (Å²) in [5, 5.41) is 8.84. The van der Waals surface area contributed by atoms with Crippen molar-refractivity contribution in [2.75, 3.05) is 24.6 Å². The van der Waals surface area contributed by atoms with Crippen LogP contribution in [0.2, 0.25) is 0 Å². The molecule has 0 fully saturated rings. The van der Waals surface area contributed by atoms with Gasteiger partial charge in [0.25, 0.3) is 0 Å². The van der Waals surface area contributed by atoms with Crippen LogP contribution >= 0.6 is 0 Å². The van der Waals surface area contributed by atoms with Crippen molar-refractivity contribution in [1.82, 2.24) is 0 Å². The number of aryl methyl sites for hydroxylation is 1. The molecule has 0 heterocycles. The number of anilines is 1. The van der Waals surface area contributed by atoms with Gasteiger partial charge in [-0.1, -0.05) is 0 Å². The molecule has 0 radical (unpaired) electrons. The first-order valence-corrected chi connectivity index (χ1v) is 4.81. The van der Waals surface area contributed by atoms with Crippen LogP contribution in [0.4, 0.5) is 10.1 Å². The minimum absolute atomic E-state index is 0.115. The molecule has 3 heteroatoms. The van der Waals surface area contributed by atoms with Gasteiger partial charge < -0.3 is 10.0 Å². The van der Waals surface area contributed by atoms with E-state index in [9.17, 15) is 4.39 Å². The maximum Gasteiger partial charge on any atom is 0.126 e. The van der Waals surface area contributed by atoms with E-state index in [1.54, 1.807) is 19.1 Å². The molecule has 0 aliphatic carbocycles. The molecule has 78 valence electrons. The fourth-order valence-corrected chi connectivity index (χ4v) is 1.42. The zero-order chi connectivity index (χ0) is 10.6. The molecule has 0 aromatic heterocycles. The van der Waals surface area contributed by atoms with Crippen LogP contribution in [-0.2, 0) is 0 Å². The van der Waals surface area contributed by atoms with E-state index >= 15 is 0 Å². The minimum Gasteiger partial charge on any atom is -0.395 e. The van der Waals surface area contributed by atoms with Crippen LogP contribution in [0.3, 0.4) is 0 Å². The van der Waals surface area contributed by atoms with E-state index in [-0.39, 0.29) is 12.4 Å². The molecular weight excluding hydrogens is 181 g/mol. The van der Waals surface area contributed by atoms with Gasteiger partial charge in [0.1, 0.15) is 5.82 Å². The molecule has 1 aromatic carbocycles. The smallest absolute Gasteiger partial charge is 0.126 e. The van der Waals surface area contributed by atoms with Gasteiger partial charge in [0, 0.05) is 18.8 Å². The lowest BCUT2D eigenvalue weighted by atomic mass is 10.2. The number of nitrogens with zero attached hydrogens (tertiary/aromatic N) is 1. The average molecular weight is 197 g/mol. The highest BCUT2D eigenvalue weighted by atomic mass is 19.1. The Bertz CT molecular complexity index is 301. The summed E-state index contributed by atoms with van der Waals surface area (Å²) in [5.74, 6) is -0.186. The number of aliphatic hydroxyl groups excluding tert-OH is 1. The Labute approximate surface area is 84.0 Å². The van der Waals surface area contributed by atoms with Crippen molar-refractivity contribution in [1.29, 1.82) is 0 Å². The Hall–Kier alpha value is -1.09. The highest BCUT2D eigenvalue weighted by molar-refractivity contribution is 5.48. The highest BCUT2D eigenvalue weighted by Crippen LogP contribution is 2.17. The number of hydrogen-bond donors (Lipinski definition) is 1. The number of aliphatic hydroxyl groups is 1. The van der Waals surface area contributed by atoms with Crippen LogP contribution in [0, 0.1) is 12.7 Å². The summed E-state index contributed by atoms with van der Waals surface area (Å²) in [4.78, 5) is 2.01. The molecule has 0 saturated heterocycles. The molecule has 2 nitrogen and oxygen atoms in total. The van der Waals surface area contributed by atoms with Crippen LogP contribution in [0.5, 0.6) is 0 Å². The second-order valence-corrected chi connectivity index (χ2v) is 3.24. The Kier molecular flexibility index (Phi) is 3.89. The molecule has 0 amide bonds. The zero-order valence-corrected chi connectivity index (χ0v) is 8.63. The summed E-state index contributed by atoms with van der Waals surface area (Å²) in [7, 11) is 0. The molecular formula is C11H16FNO. The maximum absolute atomic E-state index is 13.0. The third-order valence-electron chi connectivity index (χ3n) is 2.26. The lowest BCUT2D eigenvalue weighted by molar-refractivity contribution is 0.302. The summed E-state index contributed by atoms with van der Waals surface area (Å²) in [6.45, 7) is 5.26. The van der Waals surface area contributed by atoms with Gasteiger partial charge >= 0.3 is 0 Å².